The molecule has 148 valence electrons. The van der Waals surface area contributed by atoms with E-state index in [1.807, 2.05) is 0 Å². The van der Waals surface area contributed by atoms with Gasteiger partial charge in [0.2, 0.25) is 0 Å². The Hall–Kier alpha value is -1.16. The summed E-state index contributed by atoms with van der Waals surface area (Å²) in [6.07, 6.45) is 1.67. The van der Waals surface area contributed by atoms with E-state index in [0.717, 1.165) is 51.5 Å². The van der Waals surface area contributed by atoms with E-state index in [9.17, 15) is 5.11 Å². The molecule has 0 amide bonds. The Morgan fingerprint density at radius 2 is 1.78 bits per heavy atom. The first-order chi connectivity index (χ1) is 12.7. The molecule has 3 rings (SSSR count). The predicted octanol–water partition coefficient (Wildman–Crippen LogP) is 3.19. The second-order valence-corrected chi connectivity index (χ2v) is 7.71. The van der Waals surface area contributed by atoms with Crippen molar-refractivity contribution in [1.82, 2.24) is 15.5 Å². The van der Waals surface area contributed by atoms with Gasteiger partial charge < -0.3 is 15.7 Å². The van der Waals surface area contributed by atoms with Crippen molar-refractivity contribution in [2.24, 2.45) is 4.99 Å². The van der Waals surface area contributed by atoms with Gasteiger partial charge in [0, 0.05) is 38.1 Å². The van der Waals surface area contributed by atoms with Crippen LogP contribution in [0.1, 0.15) is 28.8 Å². The number of nitrogens with zero attached hydrogens (tertiary/aromatic N) is 2. The molecule has 7 heteroatoms. The normalized spacial score (nSPS) is 16.0. The number of likely N-dealkylation sites (tertiary alicyclic amines) is 1. The van der Waals surface area contributed by atoms with Crippen LogP contribution in [0.5, 0.6) is 0 Å². The first-order valence-electron chi connectivity index (χ1n) is 9.18. The molecule has 0 radical (unpaired) electrons. The van der Waals surface area contributed by atoms with Gasteiger partial charge in [0.05, 0.1) is 12.6 Å². The zero-order valence-corrected chi connectivity index (χ0v) is 18.9. The molecule has 3 N–H and O–H groups in total. The third-order valence-electron chi connectivity index (χ3n) is 4.68. The number of hydrogen-bond donors (Lipinski definition) is 3. The molecule has 1 aromatic heterocycles. The number of hydrogen-bond acceptors (Lipinski definition) is 4. The number of aliphatic hydroxyl groups is 1. The molecular weight excluding hydrogens is 471 g/mol. The Balaban J connectivity index is 0.00000261. The number of rotatable bonds is 6. The Labute approximate surface area is 182 Å². The lowest BCUT2D eigenvalue weighted by atomic mass is 10.1. The van der Waals surface area contributed by atoms with E-state index in [0.29, 0.717) is 0 Å². The maximum absolute atomic E-state index is 9.60. The van der Waals surface area contributed by atoms with Crippen LogP contribution < -0.4 is 10.6 Å². The van der Waals surface area contributed by atoms with Gasteiger partial charge in [-0.2, -0.15) is 0 Å². The second kappa shape index (κ2) is 11.6. The summed E-state index contributed by atoms with van der Waals surface area (Å²) in [4.78, 5) is 7.98. The molecule has 0 unspecified atom stereocenters. The van der Waals surface area contributed by atoms with Crippen molar-refractivity contribution in [3.8, 4) is 0 Å². The molecule has 0 spiro atoms. The first kappa shape index (κ1) is 22.1. The summed E-state index contributed by atoms with van der Waals surface area (Å²) in [5.74, 6) is 0.814. The highest BCUT2D eigenvalue weighted by atomic mass is 127. The van der Waals surface area contributed by atoms with Crippen molar-refractivity contribution < 1.29 is 5.11 Å². The van der Waals surface area contributed by atoms with Crippen LogP contribution in [0.3, 0.4) is 0 Å². The van der Waals surface area contributed by atoms with Gasteiger partial charge >= 0.3 is 0 Å². The highest BCUT2D eigenvalue weighted by Gasteiger charge is 2.16. The maximum atomic E-state index is 9.60. The Morgan fingerprint density at radius 3 is 2.41 bits per heavy atom. The zero-order valence-electron chi connectivity index (χ0n) is 15.7. The quantitative estimate of drug-likeness (QED) is 0.324. The van der Waals surface area contributed by atoms with Gasteiger partial charge in [0.25, 0.3) is 0 Å². The number of nitrogens with one attached hydrogen (secondary N) is 2. The van der Waals surface area contributed by atoms with E-state index in [-0.39, 0.29) is 30.1 Å². The van der Waals surface area contributed by atoms with Crippen LogP contribution in [0, 0.1) is 0 Å². The van der Waals surface area contributed by atoms with E-state index in [1.165, 1.54) is 16.0 Å². The average Bonchev–Trinajstić information content (AvgIpc) is 3.18. The predicted molar refractivity (Wildman–Crippen MR) is 124 cm³/mol. The van der Waals surface area contributed by atoms with E-state index in [4.69, 9.17) is 0 Å². The smallest absolute Gasteiger partial charge is 0.191 e. The van der Waals surface area contributed by atoms with Crippen molar-refractivity contribution in [3.05, 3.63) is 57.8 Å². The lowest BCUT2D eigenvalue weighted by molar-refractivity contribution is 0.0792. The topological polar surface area (TPSA) is 59.9 Å². The highest BCUT2D eigenvalue weighted by molar-refractivity contribution is 14.0. The third-order valence-corrected chi connectivity index (χ3v) is 5.56. The van der Waals surface area contributed by atoms with E-state index in [2.05, 4.69) is 62.3 Å². The van der Waals surface area contributed by atoms with E-state index < -0.39 is 0 Å². The molecule has 1 fully saturated rings. The van der Waals surface area contributed by atoms with Crippen molar-refractivity contribution in [2.45, 2.75) is 38.6 Å². The summed E-state index contributed by atoms with van der Waals surface area (Å²) in [7, 11) is 1.79. The molecule has 0 saturated carbocycles. The van der Waals surface area contributed by atoms with Gasteiger partial charge in [-0.25, -0.2) is 0 Å². The van der Waals surface area contributed by atoms with E-state index >= 15 is 0 Å². The minimum Gasteiger partial charge on any atom is -0.393 e. The van der Waals surface area contributed by atoms with Crippen molar-refractivity contribution in [2.75, 3.05) is 20.1 Å². The van der Waals surface area contributed by atoms with Gasteiger partial charge in [-0.1, -0.05) is 30.3 Å². The fourth-order valence-corrected chi connectivity index (χ4v) is 3.73. The van der Waals surface area contributed by atoms with Gasteiger partial charge in [0.1, 0.15) is 0 Å². The van der Waals surface area contributed by atoms with Crippen LogP contribution in [-0.4, -0.2) is 42.2 Å². The third kappa shape index (κ3) is 7.40. The summed E-state index contributed by atoms with van der Waals surface area (Å²) in [5, 5.41) is 18.4. The Morgan fingerprint density at radius 1 is 1.11 bits per heavy atom. The fourth-order valence-electron chi connectivity index (χ4n) is 3.09. The molecule has 2 heterocycles. The highest BCUT2D eigenvalue weighted by Crippen LogP contribution is 2.14. The van der Waals surface area contributed by atoms with Crippen LogP contribution in [0.4, 0.5) is 0 Å². The van der Waals surface area contributed by atoms with Crippen LogP contribution in [0.15, 0.2) is 46.8 Å². The fraction of sp³-hybridized carbons (Fsp3) is 0.450. The molecule has 5 nitrogen and oxygen atoms in total. The Kier molecular flexibility index (Phi) is 9.53. The molecule has 27 heavy (non-hydrogen) atoms. The van der Waals surface area contributed by atoms with Gasteiger partial charge in [-0.05, 0) is 35.4 Å². The maximum Gasteiger partial charge on any atom is 0.191 e. The summed E-state index contributed by atoms with van der Waals surface area (Å²) in [6.45, 7) is 4.47. The van der Waals surface area contributed by atoms with Gasteiger partial charge in [-0.15, -0.1) is 35.3 Å². The molecular formula is C20H29IN4OS. The van der Waals surface area contributed by atoms with Crippen LogP contribution in [0.2, 0.25) is 0 Å². The number of guanidine groups is 1. The summed E-state index contributed by atoms with van der Waals surface area (Å²) in [5.41, 5.74) is 2.56. The lowest BCUT2D eigenvalue weighted by Crippen LogP contribution is -2.36. The molecule has 1 aliphatic rings. The molecule has 0 atom stereocenters. The minimum atomic E-state index is -0.109. The average molecular weight is 500 g/mol. The minimum absolute atomic E-state index is 0. The molecule has 0 aliphatic carbocycles. The van der Waals surface area contributed by atoms with Crippen LogP contribution in [-0.2, 0) is 19.6 Å². The molecule has 0 bridgehead atoms. The molecule has 1 saturated heterocycles. The summed E-state index contributed by atoms with van der Waals surface area (Å²) >= 11 is 1.74. The van der Waals surface area contributed by atoms with Crippen LogP contribution >= 0.6 is 35.3 Å². The van der Waals surface area contributed by atoms with Gasteiger partial charge in [0.15, 0.2) is 5.96 Å². The number of benzene rings is 1. The van der Waals surface area contributed by atoms with Crippen molar-refractivity contribution in [1.29, 1.82) is 0 Å². The largest absolute Gasteiger partial charge is 0.393 e. The number of halogens is 1. The number of aliphatic imine (C=N–C) groups is 1. The number of thiophene rings is 1. The molecule has 2 aromatic rings. The summed E-state index contributed by atoms with van der Waals surface area (Å²) < 4.78 is 0. The van der Waals surface area contributed by atoms with Gasteiger partial charge in [-0.3, -0.25) is 9.89 Å². The molecule has 1 aliphatic heterocycles. The molecule has 1 aromatic carbocycles. The number of aliphatic hydroxyl groups excluding tert-OH is 1. The monoisotopic (exact) mass is 500 g/mol. The van der Waals surface area contributed by atoms with Crippen molar-refractivity contribution in [3.63, 3.8) is 0 Å². The lowest BCUT2D eigenvalue weighted by Gasteiger charge is -2.29. The number of piperidine rings is 1. The van der Waals surface area contributed by atoms with Crippen molar-refractivity contribution >= 4 is 41.3 Å². The zero-order chi connectivity index (χ0) is 18.2. The first-order valence-corrected chi connectivity index (χ1v) is 10.1. The summed E-state index contributed by atoms with van der Waals surface area (Å²) in [6, 6.07) is 12.9. The SMILES string of the molecule is CN=C(NCc1ccc(CN2CCC(O)CC2)cc1)NCc1cccs1.I. The Bertz CT molecular complexity index is 683. The van der Waals surface area contributed by atoms with Crippen LogP contribution in [0.25, 0.3) is 0 Å². The second-order valence-electron chi connectivity index (χ2n) is 6.68. The standard InChI is InChI=1S/C20H28N4OS.HI/c1-21-20(23-14-19-3-2-12-26-19)22-13-16-4-6-17(7-5-16)15-24-10-8-18(25)9-11-24;/h2-7,12,18,25H,8-11,13-15H2,1H3,(H2,21,22,23);1H. The van der Waals surface area contributed by atoms with E-state index in [1.54, 1.807) is 18.4 Å².